The molecule has 0 spiro atoms. The van der Waals surface area contributed by atoms with E-state index in [4.69, 9.17) is 4.74 Å². The molecule has 0 amide bonds. The lowest BCUT2D eigenvalue weighted by atomic mass is 10.3. The summed E-state index contributed by atoms with van der Waals surface area (Å²) in [5.74, 6) is 0.0403. The number of sulfone groups is 1. The zero-order valence-corrected chi connectivity index (χ0v) is 16.1. The van der Waals surface area contributed by atoms with E-state index in [0.717, 1.165) is 16.3 Å². The van der Waals surface area contributed by atoms with Gasteiger partial charge in [-0.3, -0.25) is 0 Å². The van der Waals surface area contributed by atoms with Crippen molar-refractivity contribution in [1.29, 1.82) is 0 Å². The summed E-state index contributed by atoms with van der Waals surface area (Å²) < 4.78 is 47.5. The first-order valence-corrected chi connectivity index (χ1v) is 10.9. The van der Waals surface area contributed by atoms with Crippen molar-refractivity contribution in [2.24, 2.45) is 0 Å². The lowest BCUT2D eigenvalue weighted by Crippen LogP contribution is -2.36. The molecule has 5 rings (SSSR count). The number of morpholine rings is 1. The molecule has 3 aromatic heterocycles. The zero-order chi connectivity index (χ0) is 19.3. The van der Waals surface area contributed by atoms with E-state index < -0.39 is 15.7 Å². The number of anilines is 1. The highest BCUT2D eigenvalue weighted by molar-refractivity contribution is 7.91. The highest BCUT2D eigenvalue weighted by Gasteiger charge is 2.28. The number of benzene rings is 1. The van der Waals surface area contributed by atoms with Crippen LogP contribution in [0, 0.1) is 5.82 Å². The first-order chi connectivity index (χ1) is 13.6. The van der Waals surface area contributed by atoms with Crippen molar-refractivity contribution in [2.75, 3.05) is 31.2 Å². The molecule has 0 radical (unpaired) electrons. The number of rotatable bonds is 3. The van der Waals surface area contributed by atoms with E-state index in [1.807, 2.05) is 11.4 Å². The third-order valence-corrected chi connectivity index (χ3v) is 7.12. The van der Waals surface area contributed by atoms with E-state index in [0.29, 0.717) is 32.1 Å². The molecule has 144 valence electrons. The Morgan fingerprint density at radius 1 is 1.18 bits per heavy atom. The summed E-state index contributed by atoms with van der Waals surface area (Å²) in [6.07, 6.45) is 0. The summed E-state index contributed by atoms with van der Waals surface area (Å²) in [4.78, 5) is 6.50. The predicted octanol–water partition coefficient (Wildman–Crippen LogP) is 2.15. The Kier molecular flexibility index (Phi) is 4.03. The molecular weight excluding hydrogens is 405 g/mol. The number of hydrogen-bond donors (Lipinski definition) is 0. The number of nitrogens with zero attached hydrogens (tertiary/aromatic N) is 5. The van der Waals surface area contributed by atoms with Crippen molar-refractivity contribution in [1.82, 2.24) is 19.8 Å². The molecule has 0 bridgehead atoms. The van der Waals surface area contributed by atoms with Crippen LogP contribution in [0.3, 0.4) is 0 Å². The Hall–Kier alpha value is -2.63. The highest BCUT2D eigenvalue weighted by Crippen LogP contribution is 2.33. The van der Waals surface area contributed by atoms with Gasteiger partial charge in [0.05, 0.1) is 28.3 Å². The van der Waals surface area contributed by atoms with Crippen LogP contribution >= 0.6 is 11.3 Å². The molecule has 4 aromatic rings. The lowest BCUT2D eigenvalue weighted by molar-refractivity contribution is 0.122. The Morgan fingerprint density at radius 3 is 2.79 bits per heavy atom. The van der Waals surface area contributed by atoms with Crippen LogP contribution < -0.4 is 4.90 Å². The van der Waals surface area contributed by atoms with Gasteiger partial charge in [0.2, 0.25) is 14.9 Å². The van der Waals surface area contributed by atoms with Gasteiger partial charge < -0.3 is 9.64 Å². The summed E-state index contributed by atoms with van der Waals surface area (Å²) in [6, 6.07) is 6.68. The minimum atomic E-state index is -4.08. The summed E-state index contributed by atoms with van der Waals surface area (Å²) in [5, 5.41) is 9.51. The second-order valence-corrected chi connectivity index (χ2v) is 9.04. The predicted molar refractivity (Wildman–Crippen MR) is 101 cm³/mol. The molecule has 8 nitrogen and oxygen atoms in total. The molecule has 1 saturated heterocycles. The van der Waals surface area contributed by atoms with Crippen LogP contribution in [0.1, 0.15) is 0 Å². The van der Waals surface area contributed by atoms with E-state index in [9.17, 15) is 12.8 Å². The largest absolute Gasteiger partial charge is 0.378 e. The van der Waals surface area contributed by atoms with Crippen LogP contribution in [0.2, 0.25) is 0 Å². The SMILES string of the molecule is O=S(=O)(c1cccc(F)c1)c1nnn2c1nc(N1CCOCC1)c1sccc12. The first kappa shape index (κ1) is 17.5. The number of ether oxygens (including phenoxy) is 1. The summed E-state index contributed by atoms with van der Waals surface area (Å²) in [5.41, 5.74) is 0.848. The highest BCUT2D eigenvalue weighted by atomic mass is 32.2. The van der Waals surface area contributed by atoms with E-state index in [-0.39, 0.29) is 15.6 Å². The molecule has 28 heavy (non-hydrogen) atoms. The smallest absolute Gasteiger partial charge is 0.229 e. The van der Waals surface area contributed by atoms with Gasteiger partial charge in [-0.1, -0.05) is 11.3 Å². The average molecular weight is 419 g/mol. The van der Waals surface area contributed by atoms with Crippen molar-refractivity contribution in [2.45, 2.75) is 9.92 Å². The maximum Gasteiger partial charge on any atom is 0.229 e. The maximum absolute atomic E-state index is 13.6. The van der Waals surface area contributed by atoms with Crippen LogP contribution in [-0.4, -0.2) is 54.5 Å². The monoisotopic (exact) mass is 419 g/mol. The van der Waals surface area contributed by atoms with Crippen LogP contribution in [-0.2, 0) is 14.6 Å². The molecule has 0 N–H and O–H groups in total. The van der Waals surface area contributed by atoms with Gasteiger partial charge in [0, 0.05) is 13.1 Å². The lowest BCUT2D eigenvalue weighted by Gasteiger charge is -2.28. The number of hydrogen-bond acceptors (Lipinski definition) is 8. The Balaban J connectivity index is 1.75. The molecule has 1 fully saturated rings. The Morgan fingerprint density at radius 2 is 2.00 bits per heavy atom. The van der Waals surface area contributed by atoms with Gasteiger partial charge >= 0.3 is 0 Å². The van der Waals surface area contributed by atoms with Gasteiger partial charge in [0.25, 0.3) is 0 Å². The van der Waals surface area contributed by atoms with Crippen LogP contribution in [0.25, 0.3) is 15.9 Å². The molecule has 0 aliphatic carbocycles. The fraction of sp³-hybridized carbons (Fsp3) is 0.235. The van der Waals surface area contributed by atoms with Gasteiger partial charge in [-0.15, -0.1) is 16.4 Å². The summed E-state index contributed by atoms with van der Waals surface area (Å²) >= 11 is 1.50. The van der Waals surface area contributed by atoms with Gasteiger partial charge in [0.15, 0.2) is 11.5 Å². The number of aromatic nitrogens is 4. The summed E-state index contributed by atoms with van der Waals surface area (Å²) in [7, 11) is -4.08. The second-order valence-electron chi connectivity index (χ2n) is 6.26. The Bertz CT molecular complexity index is 1290. The molecule has 0 saturated carbocycles. The van der Waals surface area contributed by atoms with E-state index in [2.05, 4.69) is 20.2 Å². The first-order valence-electron chi connectivity index (χ1n) is 8.52. The topological polar surface area (TPSA) is 89.7 Å². The second kappa shape index (κ2) is 6.47. The van der Waals surface area contributed by atoms with Crippen LogP contribution in [0.5, 0.6) is 0 Å². The van der Waals surface area contributed by atoms with Crippen molar-refractivity contribution in [3.63, 3.8) is 0 Å². The normalized spacial score (nSPS) is 15.5. The molecule has 0 unspecified atom stereocenters. The van der Waals surface area contributed by atoms with Gasteiger partial charge in [-0.25, -0.2) is 17.8 Å². The minimum absolute atomic E-state index is 0.122. The minimum Gasteiger partial charge on any atom is -0.378 e. The van der Waals surface area contributed by atoms with Crippen LogP contribution in [0.4, 0.5) is 10.2 Å². The quantitative estimate of drug-likeness (QED) is 0.503. The van der Waals surface area contributed by atoms with Crippen molar-refractivity contribution < 1.29 is 17.5 Å². The van der Waals surface area contributed by atoms with Crippen molar-refractivity contribution in [3.8, 4) is 0 Å². The molecule has 4 heterocycles. The standard InChI is InChI=1S/C17H14FN5O3S2/c18-11-2-1-3-12(10-11)28(24,25)17-16-19-15(22-5-7-26-8-6-22)14-13(4-9-27-14)23(16)21-20-17/h1-4,9-10H,5-8H2. The Labute approximate surface area is 163 Å². The molecule has 11 heteroatoms. The summed E-state index contributed by atoms with van der Waals surface area (Å²) in [6.45, 7) is 2.46. The maximum atomic E-state index is 13.6. The van der Waals surface area contributed by atoms with Gasteiger partial charge in [-0.2, -0.15) is 4.52 Å². The molecule has 0 atom stereocenters. The molecule has 1 aromatic carbocycles. The molecular formula is C17H14FN5O3S2. The number of thiophene rings is 1. The number of fused-ring (bicyclic) bond motifs is 3. The average Bonchev–Trinajstić information content (AvgIpc) is 3.35. The van der Waals surface area contributed by atoms with Gasteiger partial charge in [-0.05, 0) is 29.6 Å². The van der Waals surface area contributed by atoms with Crippen molar-refractivity contribution in [3.05, 3.63) is 41.5 Å². The van der Waals surface area contributed by atoms with Crippen molar-refractivity contribution >= 4 is 42.9 Å². The van der Waals surface area contributed by atoms with Crippen LogP contribution in [0.15, 0.2) is 45.6 Å². The molecule has 1 aliphatic heterocycles. The van der Waals surface area contributed by atoms with Gasteiger partial charge in [0.1, 0.15) is 5.82 Å². The van der Waals surface area contributed by atoms with E-state index >= 15 is 0 Å². The fourth-order valence-electron chi connectivity index (χ4n) is 3.22. The molecule has 1 aliphatic rings. The number of halogens is 1. The van der Waals surface area contributed by atoms with E-state index in [1.165, 1.54) is 34.1 Å². The third-order valence-electron chi connectivity index (χ3n) is 4.58. The third kappa shape index (κ3) is 2.65. The fourth-order valence-corrected chi connectivity index (χ4v) is 5.37. The zero-order valence-electron chi connectivity index (χ0n) is 14.4. The van der Waals surface area contributed by atoms with E-state index in [1.54, 1.807) is 0 Å².